The van der Waals surface area contributed by atoms with Gasteiger partial charge in [-0.15, -0.1) is 0 Å². The summed E-state index contributed by atoms with van der Waals surface area (Å²) in [6.45, 7) is 1.87. The first-order chi connectivity index (χ1) is 12.4. The van der Waals surface area contributed by atoms with Crippen LogP contribution in [0.2, 0.25) is 0 Å². The fraction of sp³-hybridized carbons (Fsp3) is 0.316. The van der Waals surface area contributed by atoms with Crippen molar-refractivity contribution in [1.29, 1.82) is 0 Å². The third kappa shape index (κ3) is 2.38. The number of carbonyl (C=O) groups excluding carboxylic acids is 1. The predicted molar refractivity (Wildman–Crippen MR) is 99.1 cm³/mol. The van der Waals surface area contributed by atoms with E-state index in [0.29, 0.717) is 5.69 Å². The van der Waals surface area contributed by atoms with Crippen LogP contribution in [-0.4, -0.2) is 21.4 Å². The van der Waals surface area contributed by atoms with Gasteiger partial charge >= 0.3 is 0 Å². The predicted octanol–water partition coefficient (Wildman–Crippen LogP) is 3.18. The van der Waals surface area contributed by atoms with Crippen LogP contribution in [0.25, 0.3) is 0 Å². The lowest BCUT2D eigenvalue weighted by molar-refractivity contribution is -0.123. The minimum absolute atomic E-state index is 0.0200. The van der Waals surface area contributed by atoms with Crippen molar-refractivity contribution in [2.24, 2.45) is 0 Å². The Bertz CT molecular complexity index is 1010. The molecule has 7 heteroatoms. The molecule has 0 atom stereocenters. The highest BCUT2D eigenvalue weighted by Crippen LogP contribution is 2.52. The minimum Gasteiger partial charge on any atom is -0.495 e. The van der Waals surface area contributed by atoms with Crippen molar-refractivity contribution in [3.05, 3.63) is 47.5 Å². The van der Waals surface area contributed by atoms with E-state index in [1.807, 2.05) is 6.92 Å². The summed E-state index contributed by atoms with van der Waals surface area (Å²) < 4.78 is 33.5. The summed E-state index contributed by atoms with van der Waals surface area (Å²) in [5.74, 6) is 0.303. The van der Waals surface area contributed by atoms with E-state index in [9.17, 15) is 13.2 Å². The monoisotopic (exact) mass is 372 g/mol. The second-order valence-corrected chi connectivity index (χ2v) is 8.51. The Labute approximate surface area is 152 Å². The van der Waals surface area contributed by atoms with Crippen molar-refractivity contribution in [1.82, 2.24) is 0 Å². The number of carbonyl (C=O) groups is 1. The SMILES string of the molecule is COc1ccccc1S(=O)(=O)Nc1cc(C)c2c(c1)C1(CCC1)C(=O)N2. The molecule has 1 saturated carbocycles. The Morgan fingerprint density at radius 1 is 1.19 bits per heavy atom. The molecule has 0 radical (unpaired) electrons. The van der Waals surface area contributed by atoms with E-state index in [1.165, 1.54) is 13.2 Å². The number of anilines is 2. The Morgan fingerprint density at radius 3 is 2.58 bits per heavy atom. The van der Waals surface area contributed by atoms with Gasteiger partial charge in [0, 0.05) is 11.4 Å². The number of rotatable bonds is 4. The zero-order chi connectivity index (χ0) is 18.5. The summed E-state index contributed by atoms with van der Waals surface area (Å²) in [4.78, 5) is 12.5. The number of hydrogen-bond acceptors (Lipinski definition) is 4. The summed E-state index contributed by atoms with van der Waals surface area (Å²) in [6.07, 6.45) is 2.60. The zero-order valence-corrected chi connectivity index (χ0v) is 15.4. The molecule has 0 aromatic heterocycles. The molecule has 0 unspecified atom stereocenters. The topological polar surface area (TPSA) is 84.5 Å². The molecule has 1 aliphatic heterocycles. The number of sulfonamides is 1. The zero-order valence-electron chi connectivity index (χ0n) is 14.6. The smallest absolute Gasteiger partial charge is 0.265 e. The summed E-state index contributed by atoms with van der Waals surface area (Å²) in [7, 11) is -2.37. The first-order valence-electron chi connectivity index (χ1n) is 8.50. The van der Waals surface area contributed by atoms with Gasteiger partial charge in [-0.25, -0.2) is 8.42 Å². The second-order valence-electron chi connectivity index (χ2n) is 6.86. The number of methoxy groups -OCH3 is 1. The van der Waals surface area contributed by atoms with Gasteiger partial charge in [-0.05, 0) is 55.2 Å². The summed E-state index contributed by atoms with van der Waals surface area (Å²) in [5.41, 5.74) is 2.51. The van der Waals surface area contributed by atoms with E-state index in [4.69, 9.17) is 4.74 Å². The molecule has 1 heterocycles. The van der Waals surface area contributed by atoms with E-state index in [1.54, 1.807) is 30.3 Å². The number of benzene rings is 2. The van der Waals surface area contributed by atoms with Crippen molar-refractivity contribution >= 4 is 27.3 Å². The van der Waals surface area contributed by atoms with E-state index in [0.717, 1.165) is 36.1 Å². The van der Waals surface area contributed by atoms with Crippen LogP contribution in [0.1, 0.15) is 30.4 Å². The highest BCUT2D eigenvalue weighted by molar-refractivity contribution is 7.92. The number of amides is 1. The largest absolute Gasteiger partial charge is 0.495 e. The van der Waals surface area contributed by atoms with Crippen LogP contribution in [0, 0.1) is 6.92 Å². The summed E-state index contributed by atoms with van der Waals surface area (Å²) >= 11 is 0. The fourth-order valence-electron chi connectivity index (χ4n) is 3.82. The molecule has 2 aliphatic rings. The lowest BCUT2D eigenvalue weighted by Gasteiger charge is -2.36. The molecule has 0 saturated heterocycles. The minimum atomic E-state index is -3.81. The molecule has 136 valence electrons. The maximum Gasteiger partial charge on any atom is 0.265 e. The Kier molecular flexibility index (Phi) is 3.73. The van der Waals surface area contributed by atoms with Crippen LogP contribution in [0.5, 0.6) is 5.75 Å². The number of fused-ring (bicyclic) bond motifs is 2. The molecule has 26 heavy (non-hydrogen) atoms. The number of para-hydroxylation sites is 1. The number of ether oxygens (including phenoxy) is 1. The first kappa shape index (κ1) is 16.9. The maximum absolute atomic E-state index is 12.8. The van der Waals surface area contributed by atoms with Gasteiger partial charge in [0.1, 0.15) is 10.6 Å². The lowest BCUT2D eigenvalue weighted by atomic mass is 9.65. The second kappa shape index (κ2) is 5.74. The van der Waals surface area contributed by atoms with E-state index in [2.05, 4.69) is 10.0 Å². The maximum atomic E-state index is 12.8. The van der Waals surface area contributed by atoms with Crippen LogP contribution in [0.3, 0.4) is 0 Å². The van der Waals surface area contributed by atoms with Gasteiger partial charge in [0.25, 0.3) is 10.0 Å². The molecule has 1 aliphatic carbocycles. The molecule has 1 fully saturated rings. The third-order valence-electron chi connectivity index (χ3n) is 5.34. The molecular formula is C19H20N2O4S. The highest BCUT2D eigenvalue weighted by Gasteiger charge is 2.51. The van der Waals surface area contributed by atoms with Gasteiger partial charge in [0.2, 0.25) is 5.91 Å². The standard InChI is InChI=1S/C19H20N2O4S/c1-12-10-13(11-14-17(12)20-18(22)19(14)8-5-9-19)21-26(23,24)16-7-4-3-6-15(16)25-2/h3-4,6-7,10-11,21H,5,8-9H2,1-2H3,(H,20,22). The normalized spacial score (nSPS) is 17.4. The molecule has 2 aromatic rings. The van der Waals surface area contributed by atoms with Crippen molar-refractivity contribution in [3.63, 3.8) is 0 Å². The van der Waals surface area contributed by atoms with Crippen LogP contribution < -0.4 is 14.8 Å². The average molecular weight is 372 g/mol. The van der Waals surface area contributed by atoms with E-state index in [-0.39, 0.29) is 16.6 Å². The molecule has 0 bridgehead atoms. The number of nitrogens with one attached hydrogen (secondary N) is 2. The van der Waals surface area contributed by atoms with E-state index < -0.39 is 15.4 Å². The number of hydrogen-bond donors (Lipinski definition) is 2. The van der Waals surface area contributed by atoms with Gasteiger partial charge in [0.15, 0.2) is 0 Å². The van der Waals surface area contributed by atoms with Gasteiger partial charge in [-0.1, -0.05) is 18.6 Å². The summed E-state index contributed by atoms with van der Waals surface area (Å²) in [5, 5.41) is 2.96. The highest BCUT2D eigenvalue weighted by atomic mass is 32.2. The molecule has 1 spiro atoms. The van der Waals surface area contributed by atoms with E-state index >= 15 is 0 Å². The molecular weight excluding hydrogens is 352 g/mol. The third-order valence-corrected chi connectivity index (χ3v) is 6.76. The van der Waals surface area contributed by atoms with Gasteiger partial charge in [-0.2, -0.15) is 0 Å². The van der Waals surface area contributed by atoms with Crippen molar-refractivity contribution in [2.75, 3.05) is 17.1 Å². The van der Waals surface area contributed by atoms with Crippen LogP contribution >= 0.6 is 0 Å². The van der Waals surface area contributed by atoms with Crippen molar-refractivity contribution in [3.8, 4) is 5.75 Å². The van der Waals surface area contributed by atoms with Crippen LogP contribution in [0.15, 0.2) is 41.3 Å². The number of aryl methyl sites for hydroxylation is 1. The average Bonchev–Trinajstić information content (AvgIpc) is 2.87. The summed E-state index contributed by atoms with van der Waals surface area (Å²) in [6, 6.07) is 10.00. The van der Waals surface area contributed by atoms with Crippen LogP contribution in [-0.2, 0) is 20.2 Å². The Morgan fingerprint density at radius 2 is 1.92 bits per heavy atom. The Hall–Kier alpha value is -2.54. The molecule has 4 rings (SSSR count). The van der Waals surface area contributed by atoms with Gasteiger partial charge < -0.3 is 10.1 Å². The molecule has 6 nitrogen and oxygen atoms in total. The Balaban J connectivity index is 1.74. The van der Waals surface area contributed by atoms with Crippen molar-refractivity contribution < 1.29 is 17.9 Å². The first-order valence-corrected chi connectivity index (χ1v) is 9.98. The lowest BCUT2D eigenvalue weighted by Crippen LogP contribution is -2.40. The van der Waals surface area contributed by atoms with Gasteiger partial charge in [0.05, 0.1) is 12.5 Å². The molecule has 2 N–H and O–H groups in total. The molecule has 2 aromatic carbocycles. The fourth-order valence-corrected chi connectivity index (χ4v) is 5.03. The quantitative estimate of drug-likeness (QED) is 0.863. The van der Waals surface area contributed by atoms with Crippen molar-refractivity contribution in [2.45, 2.75) is 36.5 Å². The van der Waals surface area contributed by atoms with Gasteiger partial charge in [-0.3, -0.25) is 9.52 Å². The van der Waals surface area contributed by atoms with Crippen LogP contribution in [0.4, 0.5) is 11.4 Å². The molecule has 1 amide bonds.